The number of carbonyl (C=O) groups excluding carboxylic acids is 1. The van der Waals surface area contributed by atoms with Crippen LogP contribution in [0.15, 0.2) is 84.0 Å². The molecule has 184 valence electrons. The molecule has 0 aliphatic carbocycles. The number of hydrogen-bond donors (Lipinski definition) is 3. The molecular weight excluding hydrogens is 474 g/mol. The molecule has 0 saturated heterocycles. The first-order valence-electron chi connectivity index (χ1n) is 11.7. The van der Waals surface area contributed by atoms with Crippen molar-refractivity contribution >= 4 is 34.5 Å². The van der Waals surface area contributed by atoms with E-state index in [-0.39, 0.29) is 10.8 Å². The molecule has 7 heteroatoms. The third kappa shape index (κ3) is 6.62. The number of phenols is 1. The SMILES string of the molecule is Cc1ccc(CCNCCOc2ccc(/C=N/NC(=O)c3ccc(O)c(Cl)c3)c3ccccc23)cc1. The summed E-state index contributed by atoms with van der Waals surface area (Å²) in [4.78, 5) is 12.3. The smallest absolute Gasteiger partial charge is 0.271 e. The van der Waals surface area contributed by atoms with Crippen molar-refractivity contribution < 1.29 is 14.6 Å². The first-order valence-corrected chi connectivity index (χ1v) is 12.1. The lowest BCUT2D eigenvalue weighted by atomic mass is 10.0. The van der Waals surface area contributed by atoms with E-state index in [1.54, 1.807) is 6.21 Å². The molecule has 0 aliphatic rings. The van der Waals surface area contributed by atoms with Crippen LogP contribution in [-0.4, -0.2) is 36.9 Å². The van der Waals surface area contributed by atoms with E-state index < -0.39 is 5.91 Å². The van der Waals surface area contributed by atoms with Crippen LogP contribution < -0.4 is 15.5 Å². The first kappa shape index (κ1) is 25.2. The predicted molar refractivity (Wildman–Crippen MR) is 145 cm³/mol. The maximum atomic E-state index is 12.3. The standard InChI is InChI=1S/C29H28ClN3O3/c1-20-6-8-21(9-7-20)14-15-31-16-17-36-28-13-11-23(24-4-2-3-5-25(24)28)19-32-33-29(35)22-10-12-27(34)26(30)18-22/h2-13,18-19,31,34H,14-17H2,1H3,(H,33,35)/b32-19+. The van der Waals surface area contributed by atoms with E-state index in [9.17, 15) is 9.90 Å². The maximum absolute atomic E-state index is 12.3. The number of fused-ring (bicyclic) bond motifs is 1. The quantitative estimate of drug-likeness (QED) is 0.153. The summed E-state index contributed by atoms with van der Waals surface area (Å²) in [6.45, 7) is 4.29. The molecule has 0 spiro atoms. The van der Waals surface area contributed by atoms with Gasteiger partial charge in [-0.3, -0.25) is 4.79 Å². The van der Waals surface area contributed by atoms with Gasteiger partial charge < -0.3 is 15.2 Å². The van der Waals surface area contributed by atoms with Gasteiger partial charge >= 0.3 is 0 Å². The minimum Gasteiger partial charge on any atom is -0.506 e. The van der Waals surface area contributed by atoms with Crippen molar-refractivity contribution in [2.45, 2.75) is 13.3 Å². The number of phenolic OH excluding ortho intramolecular Hbond substituents is 1. The van der Waals surface area contributed by atoms with Gasteiger partial charge in [0.2, 0.25) is 0 Å². The second-order valence-electron chi connectivity index (χ2n) is 8.40. The highest BCUT2D eigenvalue weighted by Gasteiger charge is 2.08. The molecule has 6 nitrogen and oxygen atoms in total. The fourth-order valence-electron chi connectivity index (χ4n) is 3.75. The normalized spacial score (nSPS) is 11.2. The zero-order valence-corrected chi connectivity index (χ0v) is 20.8. The van der Waals surface area contributed by atoms with Crippen LogP contribution in [0.3, 0.4) is 0 Å². The van der Waals surface area contributed by atoms with Gasteiger partial charge in [0, 0.05) is 23.1 Å². The number of nitrogens with one attached hydrogen (secondary N) is 2. The van der Waals surface area contributed by atoms with E-state index in [0.717, 1.165) is 41.6 Å². The summed E-state index contributed by atoms with van der Waals surface area (Å²) < 4.78 is 6.05. The van der Waals surface area contributed by atoms with Gasteiger partial charge in [0.25, 0.3) is 5.91 Å². The Bertz CT molecular complexity index is 1370. The molecule has 36 heavy (non-hydrogen) atoms. The van der Waals surface area contributed by atoms with E-state index in [2.05, 4.69) is 47.0 Å². The number of aromatic hydroxyl groups is 1. The van der Waals surface area contributed by atoms with Gasteiger partial charge in [-0.05, 0) is 61.2 Å². The van der Waals surface area contributed by atoms with E-state index in [1.807, 2.05) is 36.4 Å². The number of aryl methyl sites for hydroxylation is 1. The molecule has 0 saturated carbocycles. The highest BCUT2D eigenvalue weighted by molar-refractivity contribution is 6.32. The number of rotatable bonds is 10. The topological polar surface area (TPSA) is 83.0 Å². The zero-order chi connectivity index (χ0) is 25.3. The lowest BCUT2D eigenvalue weighted by molar-refractivity contribution is 0.0955. The Balaban J connectivity index is 1.32. The van der Waals surface area contributed by atoms with Crippen molar-refractivity contribution in [1.82, 2.24) is 10.7 Å². The van der Waals surface area contributed by atoms with Crippen LogP contribution >= 0.6 is 11.6 Å². The van der Waals surface area contributed by atoms with Crippen LogP contribution in [0.2, 0.25) is 5.02 Å². The van der Waals surface area contributed by atoms with Gasteiger partial charge in [-0.1, -0.05) is 65.7 Å². The Morgan fingerprint density at radius 1 is 1.00 bits per heavy atom. The van der Waals surface area contributed by atoms with Crippen LogP contribution in [0.1, 0.15) is 27.0 Å². The Kier molecular flexibility index (Phi) is 8.55. The molecule has 0 atom stereocenters. The fourth-order valence-corrected chi connectivity index (χ4v) is 3.93. The van der Waals surface area contributed by atoms with Crippen LogP contribution in [0.4, 0.5) is 0 Å². The summed E-state index contributed by atoms with van der Waals surface area (Å²) in [7, 11) is 0. The molecular formula is C29H28ClN3O3. The highest BCUT2D eigenvalue weighted by atomic mass is 35.5. The van der Waals surface area contributed by atoms with E-state index in [1.165, 1.54) is 29.3 Å². The Morgan fingerprint density at radius 2 is 1.78 bits per heavy atom. The lowest BCUT2D eigenvalue weighted by Crippen LogP contribution is -2.23. The molecule has 0 aliphatic heterocycles. The number of hydrazone groups is 1. The maximum Gasteiger partial charge on any atom is 0.271 e. The third-order valence-corrected chi connectivity index (χ3v) is 6.05. The fraction of sp³-hybridized carbons (Fsp3) is 0.172. The van der Waals surface area contributed by atoms with Crippen molar-refractivity contribution in [1.29, 1.82) is 0 Å². The third-order valence-electron chi connectivity index (χ3n) is 5.74. The average Bonchev–Trinajstić information content (AvgIpc) is 2.89. The van der Waals surface area contributed by atoms with E-state index >= 15 is 0 Å². The van der Waals surface area contributed by atoms with E-state index in [0.29, 0.717) is 12.2 Å². The van der Waals surface area contributed by atoms with Gasteiger partial charge in [-0.25, -0.2) is 5.43 Å². The Morgan fingerprint density at radius 3 is 2.56 bits per heavy atom. The molecule has 0 radical (unpaired) electrons. The molecule has 1 amide bonds. The second-order valence-corrected chi connectivity index (χ2v) is 8.81. The molecule has 0 aromatic heterocycles. The van der Waals surface area contributed by atoms with Crippen LogP contribution in [-0.2, 0) is 6.42 Å². The van der Waals surface area contributed by atoms with Crippen molar-refractivity contribution in [3.05, 3.63) is 106 Å². The number of nitrogens with zero attached hydrogens (tertiary/aromatic N) is 1. The first-order chi connectivity index (χ1) is 17.5. The predicted octanol–water partition coefficient (Wildman–Crippen LogP) is 5.48. The number of ether oxygens (including phenoxy) is 1. The van der Waals surface area contributed by atoms with Crippen molar-refractivity contribution in [2.75, 3.05) is 19.7 Å². The molecule has 4 aromatic rings. The van der Waals surface area contributed by atoms with Crippen molar-refractivity contribution in [3.8, 4) is 11.5 Å². The summed E-state index contributed by atoms with van der Waals surface area (Å²) in [5.41, 5.74) is 6.23. The highest BCUT2D eigenvalue weighted by Crippen LogP contribution is 2.28. The minimum atomic E-state index is -0.424. The largest absolute Gasteiger partial charge is 0.506 e. The molecule has 3 N–H and O–H groups in total. The van der Waals surface area contributed by atoms with Gasteiger partial charge in [0.15, 0.2) is 0 Å². The average molecular weight is 502 g/mol. The van der Waals surface area contributed by atoms with Gasteiger partial charge in [-0.15, -0.1) is 0 Å². The zero-order valence-electron chi connectivity index (χ0n) is 20.0. The number of hydrogen-bond acceptors (Lipinski definition) is 5. The number of benzene rings is 4. The Hall–Kier alpha value is -3.87. The summed E-state index contributed by atoms with van der Waals surface area (Å²) in [6.07, 6.45) is 2.58. The molecule has 4 rings (SSSR count). The summed E-state index contributed by atoms with van der Waals surface area (Å²) >= 11 is 5.87. The summed E-state index contributed by atoms with van der Waals surface area (Å²) in [6, 6.07) is 24.6. The monoisotopic (exact) mass is 501 g/mol. The summed E-state index contributed by atoms with van der Waals surface area (Å²) in [5.74, 6) is 0.293. The van der Waals surface area contributed by atoms with Gasteiger partial charge in [-0.2, -0.15) is 5.10 Å². The number of carbonyl (C=O) groups is 1. The Labute approximate surface area is 215 Å². The van der Waals surface area contributed by atoms with E-state index in [4.69, 9.17) is 16.3 Å². The van der Waals surface area contributed by atoms with Gasteiger partial charge in [0.1, 0.15) is 18.1 Å². The molecule has 4 aromatic carbocycles. The lowest BCUT2D eigenvalue weighted by Gasteiger charge is -2.12. The van der Waals surface area contributed by atoms with Crippen molar-refractivity contribution in [2.24, 2.45) is 5.10 Å². The molecule has 0 bridgehead atoms. The van der Waals surface area contributed by atoms with Crippen LogP contribution in [0.25, 0.3) is 10.8 Å². The van der Waals surface area contributed by atoms with Crippen molar-refractivity contribution in [3.63, 3.8) is 0 Å². The minimum absolute atomic E-state index is 0.0801. The van der Waals surface area contributed by atoms with Crippen LogP contribution in [0.5, 0.6) is 11.5 Å². The second kappa shape index (κ2) is 12.2. The van der Waals surface area contributed by atoms with Gasteiger partial charge in [0.05, 0.1) is 11.2 Å². The summed E-state index contributed by atoms with van der Waals surface area (Å²) in [5, 5.41) is 19.1. The number of amides is 1. The van der Waals surface area contributed by atoms with Crippen LogP contribution in [0, 0.1) is 6.92 Å². The number of halogens is 1. The molecule has 0 unspecified atom stereocenters. The molecule has 0 fully saturated rings. The molecule has 0 heterocycles.